The molecule has 1 aromatic heterocycles. The third-order valence-corrected chi connectivity index (χ3v) is 3.92. The van der Waals surface area contributed by atoms with Crippen molar-refractivity contribution >= 4 is 28.9 Å². The number of nitrogens with one attached hydrogen (secondary N) is 1. The van der Waals surface area contributed by atoms with Gasteiger partial charge in [0, 0.05) is 24.3 Å². The van der Waals surface area contributed by atoms with Gasteiger partial charge in [0.2, 0.25) is 5.91 Å². The molecule has 112 valence electrons. The molecule has 3 N–H and O–H groups in total. The summed E-state index contributed by atoms with van der Waals surface area (Å²) in [6.07, 6.45) is 0.351. The van der Waals surface area contributed by atoms with E-state index in [9.17, 15) is 4.79 Å². The van der Waals surface area contributed by atoms with Crippen LogP contribution in [0.3, 0.4) is 0 Å². The van der Waals surface area contributed by atoms with Gasteiger partial charge in [0.15, 0.2) is 0 Å². The van der Waals surface area contributed by atoms with Gasteiger partial charge in [-0.05, 0) is 44.5 Å². The van der Waals surface area contributed by atoms with Gasteiger partial charge in [-0.15, -0.1) is 0 Å². The normalized spacial score (nSPS) is 10.7. The van der Waals surface area contributed by atoms with Crippen molar-refractivity contribution < 1.29 is 4.79 Å². The van der Waals surface area contributed by atoms with Crippen molar-refractivity contribution in [2.24, 2.45) is 0 Å². The van der Waals surface area contributed by atoms with Crippen molar-refractivity contribution in [3.63, 3.8) is 0 Å². The lowest BCUT2D eigenvalue weighted by Gasteiger charge is -2.08. The Morgan fingerprint density at radius 2 is 2.10 bits per heavy atom. The highest BCUT2D eigenvalue weighted by molar-refractivity contribution is 6.33. The number of carbonyl (C=O) groups excluding carboxylic acids is 1. The Kier molecular flexibility index (Phi) is 4.53. The van der Waals surface area contributed by atoms with Gasteiger partial charge in [-0.2, -0.15) is 5.10 Å². The number of nitrogens with zero attached hydrogens (tertiary/aromatic N) is 2. The summed E-state index contributed by atoms with van der Waals surface area (Å²) in [6, 6.07) is 5.04. The number of aryl methyl sites for hydroxylation is 2. The van der Waals surface area contributed by atoms with Crippen molar-refractivity contribution in [3.8, 4) is 0 Å². The molecular weight excluding hydrogens is 288 g/mol. The standard InChI is InChI=1S/C15H19ClN4O/c1-9-10(2)19-20(11(9)3)7-6-15(21)18-12-4-5-13(16)14(17)8-12/h4-5,8H,6-7,17H2,1-3H3,(H,18,21). The van der Waals surface area contributed by atoms with Crippen LogP contribution in [0.25, 0.3) is 0 Å². The molecule has 6 heteroatoms. The summed E-state index contributed by atoms with van der Waals surface area (Å²) in [5.41, 5.74) is 10.1. The average Bonchev–Trinajstić information content (AvgIpc) is 2.68. The molecule has 0 fully saturated rings. The van der Waals surface area contributed by atoms with E-state index in [1.165, 1.54) is 5.56 Å². The number of benzene rings is 1. The summed E-state index contributed by atoms with van der Waals surface area (Å²) in [5.74, 6) is -0.0815. The van der Waals surface area contributed by atoms with Crippen molar-refractivity contribution in [1.29, 1.82) is 0 Å². The minimum absolute atomic E-state index is 0.0815. The molecule has 2 aromatic rings. The summed E-state index contributed by atoms with van der Waals surface area (Å²) in [6.45, 7) is 6.56. The van der Waals surface area contributed by atoms with Crippen LogP contribution < -0.4 is 11.1 Å². The summed E-state index contributed by atoms with van der Waals surface area (Å²) in [4.78, 5) is 12.0. The van der Waals surface area contributed by atoms with Gasteiger partial charge in [-0.1, -0.05) is 11.6 Å². The van der Waals surface area contributed by atoms with Gasteiger partial charge >= 0.3 is 0 Å². The number of nitrogens with two attached hydrogens (primary N) is 1. The van der Waals surface area contributed by atoms with Crippen molar-refractivity contribution in [1.82, 2.24) is 9.78 Å². The fourth-order valence-electron chi connectivity index (χ4n) is 2.06. The van der Waals surface area contributed by atoms with Crippen molar-refractivity contribution in [2.45, 2.75) is 33.7 Å². The second-order valence-corrected chi connectivity index (χ2v) is 5.46. The van der Waals surface area contributed by atoms with Gasteiger partial charge in [-0.25, -0.2) is 0 Å². The lowest BCUT2D eigenvalue weighted by atomic mass is 10.2. The molecule has 0 atom stereocenters. The molecule has 0 saturated heterocycles. The number of aromatic nitrogens is 2. The first kappa shape index (κ1) is 15.4. The Bertz CT molecular complexity index is 679. The second-order valence-electron chi connectivity index (χ2n) is 5.05. The molecule has 0 aliphatic rings. The smallest absolute Gasteiger partial charge is 0.226 e. The molecule has 5 nitrogen and oxygen atoms in total. The number of hydrogen-bond donors (Lipinski definition) is 2. The molecule has 0 bridgehead atoms. The van der Waals surface area contributed by atoms with E-state index in [1.807, 2.05) is 25.5 Å². The Hall–Kier alpha value is -2.01. The Morgan fingerprint density at radius 1 is 1.38 bits per heavy atom. The zero-order chi connectivity index (χ0) is 15.6. The van der Waals surface area contributed by atoms with Crippen LogP contribution in [0, 0.1) is 20.8 Å². The molecule has 1 amide bonds. The highest BCUT2D eigenvalue weighted by Crippen LogP contribution is 2.22. The maximum absolute atomic E-state index is 12.0. The van der Waals surface area contributed by atoms with Crippen LogP contribution in [-0.2, 0) is 11.3 Å². The van der Waals surface area contributed by atoms with E-state index < -0.39 is 0 Å². The van der Waals surface area contributed by atoms with E-state index in [1.54, 1.807) is 18.2 Å². The third kappa shape index (κ3) is 3.55. The Morgan fingerprint density at radius 3 is 2.67 bits per heavy atom. The summed E-state index contributed by atoms with van der Waals surface area (Å²) in [5, 5.41) is 7.69. The lowest BCUT2D eigenvalue weighted by molar-refractivity contribution is -0.116. The maximum atomic E-state index is 12.0. The van der Waals surface area contributed by atoms with Crippen LogP contribution in [0.1, 0.15) is 23.4 Å². The summed E-state index contributed by atoms with van der Waals surface area (Å²) in [7, 11) is 0. The molecular formula is C15H19ClN4O. The largest absolute Gasteiger partial charge is 0.397 e. The average molecular weight is 307 g/mol. The molecule has 0 saturated carbocycles. The zero-order valence-corrected chi connectivity index (χ0v) is 13.2. The monoisotopic (exact) mass is 306 g/mol. The van der Waals surface area contributed by atoms with Crippen molar-refractivity contribution in [2.75, 3.05) is 11.1 Å². The molecule has 0 spiro atoms. The first-order valence-electron chi connectivity index (χ1n) is 6.74. The second kappa shape index (κ2) is 6.18. The fourth-order valence-corrected chi connectivity index (χ4v) is 2.17. The minimum atomic E-state index is -0.0815. The van der Waals surface area contributed by atoms with E-state index in [4.69, 9.17) is 17.3 Å². The number of carbonyl (C=O) groups is 1. The highest BCUT2D eigenvalue weighted by Gasteiger charge is 2.09. The van der Waals surface area contributed by atoms with Crippen LogP contribution in [-0.4, -0.2) is 15.7 Å². The third-order valence-electron chi connectivity index (χ3n) is 3.57. The summed E-state index contributed by atoms with van der Waals surface area (Å²) >= 11 is 5.84. The SMILES string of the molecule is Cc1nn(CCC(=O)Nc2ccc(Cl)c(N)c2)c(C)c1C. The van der Waals surface area contributed by atoms with Gasteiger partial charge < -0.3 is 11.1 Å². The topological polar surface area (TPSA) is 72.9 Å². The number of nitrogen functional groups attached to an aromatic ring is 1. The highest BCUT2D eigenvalue weighted by atomic mass is 35.5. The molecule has 2 rings (SSSR count). The predicted octanol–water partition coefficient (Wildman–Crippen LogP) is 3.07. The van der Waals surface area contributed by atoms with E-state index >= 15 is 0 Å². The molecule has 0 aliphatic carbocycles. The summed E-state index contributed by atoms with van der Waals surface area (Å²) < 4.78 is 1.86. The van der Waals surface area contributed by atoms with Gasteiger partial charge in [-0.3, -0.25) is 9.48 Å². The number of rotatable bonds is 4. The number of hydrogen-bond acceptors (Lipinski definition) is 3. The van der Waals surface area contributed by atoms with Crippen LogP contribution in [0.5, 0.6) is 0 Å². The molecule has 0 aliphatic heterocycles. The predicted molar refractivity (Wildman–Crippen MR) is 85.5 cm³/mol. The van der Waals surface area contributed by atoms with Gasteiger partial charge in [0.1, 0.15) is 0 Å². The fraction of sp³-hybridized carbons (Fsp3) is 0.333. The zero-order valence-electron chi connectivity index (χ0n) is 12.4. The lowest BCUT2D eigenvalue weighted by Crippen LogP contribution is -2.15. The molecule has 1 heterocycles. The number of amides is 1. The van der Waals surface area contributed by atoms with Gasteiger partial charge in [0.25, 0.3) is 0 Å². The van der Waals surface area contributed by atoms with Crippen LogP contribution >= 0.6 is 11.6 Å². The molecule has 0 unspecified atom stereocenters. The van der Waals surface area contributed by atoms with Crippen LogP contribution in [0.2, 0.25) is 5.02 Å². The Labute approximate surface area is 129 Å². The first-order chi connectivity index (χ1) is 9.88. The number of anilines is 2. The van der Waals surface area contributed by atoms with E-state index in [0.717, 1.165) is 11.4 Å². The van der Waals surface area contributed by atoms with Crippen molar-refractivity contribution in [3.05, 3.63) is 40.2 Å². The van der Waals surface area contributed by atoms with E-state index in [0.29, 0.717) is 29.4 Å². The van der Waals surface area contributed by atoms with Gasteiger partial charge in [0.05, 0.1) is 16.4 Å². The quantitative estimate of drug-likeness (QED) is 0.853. The first-order valence-corrected chi connectivity index (χ1v) is 7.11. The molecule has 0 radical (unpaired) electrons. The molecule has 1 aromatic carbocycles. The molecule has 21 heavy (non-hydrogen) atoms. The maximum Gasteiger partial charge on any atom is 0.226 e. The number of halogens is 1. The van der Waals surface area contributed by atoms with Crippen LogP contribution in [0.15, 0.2) is 18.2 Å². The minimum Gasteiger partial charge on any atom is -0.397 e. The van der Waals surface area contributed by atoms with Crippen LogP contribution in [0.4, 0.5) is 11.4 Å². The Balaban J connectivity index is 1.95. The van der Waals surface area contributed by atoms with E-state index in [2.05, 4.69) is 10.4 Å². The van der Waals surface area contributed by atoms with E-state index in [-0.39, 0.29) is 5.91 Å².